The molecule has 3 rings (SSSR count). The molecule has 96 valence electrons. The number of allylic oxidation sites excluding steroid dienone is 1. The fourth-order valence-electron chi connectivity index (χ4n) is 3.70. The van der Waals surface area contributed by atoms with Gasteiger partial charge in [0.2, 0.25) is 0 Å². The van der Waals surface area contributed by atoms with Gasteiger partial charge in [0.1, 0.15) is 6.10 Å². The number of hydrogen-bond acceptors (Lipinski definition) is 3. The molecule has 3 nitrogen and oxygen atoms in total. The summed E-state index contributed by atoms with van der Waals surface area (Å²) in [5.74, 6) is -0.0128. The highest BCUT2D eigenvalue weighted by atomic mass is 16.6. The Balaban J connectivity index is 2.01. The van der Waals surface area contributed by atoms with Gasteiger partial charge in [-0.3, -0.25) is 0 Å². The first kappa shape index (κ1) is 11.7. The molecule has 1 heterocycles. The molecule has 0 radical (unpaired) electrons. The Morgan fingerprint density at radius 3 is 2.67 bits per heavy atom. The van der Waals surface area contributed by atoms with Gasteiger partial charge in [0, 0.05) is 17.4 Å². The fourth-order valence-corrected chi connectivity index (χ4v) is 3.70. The smallest absolute Gasteiger partial charge is 0.334 e. The van der Waals surface area contributed by atoms with Crippen LogP contribution in [0.5, 0.6) is 0 Å². The van der Waals surface area contributed by atoms with Gasteiger partial charge in [0.15, 0.2) is 0 Å². The van der Waals surface area contributed by atoms with Gasteiger partial charge in [0.25, 0.3) is 0 Å². The van der Waals surface area contributed by atoms with Gasteiger partial charge in [-0.05, 0) is 30.8 Å². The molecule has 1 aliphatic heterocycles. The minimum atomic E-state index is -0.497. The first-order valence-electron chi connectivity index (χ1n) is 6.45. The van der Waals surface area contributed by atoms with Crippen molar-refractivity contribution in [2.24, 2.45) is 17.8 Å². The summed E-state index contributed by atoms with van der Waals surface area (Å²) in [4.78, 5) is 11.7. The minimum Gasteiger partial charge on any atom is -0.458 e. The van der Waals surface area contributed by atoms with E-state index in [0.717, 1.165) is 24.0 Å². The summed E-state index contributed by atoms with van der Waals surface area (Å²) >= 11 is 0. The van der Waals surface area contributed by atoms with Crippen molar-refractivity contribution < 1.29 is 14.6 Å². The van der Waals surface area contributed by atoms with Gasteiger partial charge >= 0.3 is 5.97 Å². The molecular weight excluding hydrogens is 228 g/mol. The third-order valence-corrected chi connectivity index (χ3v) is 4.77. The molecule has 5 atom stereocenters. The lowest BCUT2D eigenvalue weighted by Gasteiger charge is -2.25. The largest absolute Gasteiger partial charge is 0.458 e. The number of carbonyl (C=O) groups is 1. The van der Waals surface area contributed by atoms with Crippen LogP contribution in [0.15, 0.2) is 36.5 Å². The molecule has 3 aliphatic rings. The molecule has 3 fully saturated rings. The molecule has 1 N–H and O–H groups in total. The van der Waals surface area contributed by atoms with Crippen molar-refractivity contribution in [1.29, 1.82) is 0 Å². The predicted octanol–water partition coefficient (Wildman–Crippen LogP) is 1.99. The molecule has 0 amide bonds. The number of ether oxygens (including phenoxy) is 1. The van der Waals surface area contributed by atoms with E-state index in [1.165, 1.54) is 0 Å². The standard InChI is InChI=1S/C15H18O3/c1-7-4-5-10-8(2)15(17)18-14(10)13-9(3)12(16)6-11(7)13/h10-14,16H,1-6H2/t10-,11-,12-,13-,14-/m1/s1. The molecule has 18 heavy (non-hydrogen) atoms. The van der Waals surface area contributed by atoms with Crippen molar-refractivity contribution in [1.82, 2.24) is 0 Å². The topological polar surface area (TPSA) is 46.5 Å². The summed E-state index contributed by atoms with van der Waals surface area (Å²) in [7, 11) is 0. The molecule has 0 aromatic rings. The second-order valence-corrected chi connectivity index (χ2v) is 5.66. The second kappa shape index (κ2) is 3.82. The van der Waals surface area contributed by atoms with Crippen LogP contribution in [0, 0.1) is 17.8 Å². The molecule has 0 spiro atoms. The normalized spacial score (nSPS) is 43.5. The van der Waals surface area contributed by atoms with Crippen LogP contribution < -0.4 is 0 Å². The third-order valence-electron chi connectivity index (χ3n) is 4.77. The van der Waals surface area contributed by atoms with Crippen molar-refractivity contribution in [2.45, 2.75) is 31.5 Å². The lowest BCUT2D eigenvalue weighted by molar-refractivity contribution is -0.141. The van der Waals surface area contributed by atoms with Crippen molar-refractivity contribution in [2.75, 3.05) is 0 Å². The second-order valence-electron chi connectivity index (χ2n) is 5.66. The van der Waals surface area contributed by atoms with E-state index in [1.54, 1.807) is 0 Å². The monoisotopic (exact) mass is 246 g/mol. The first-order valence-corrected chi connectivity index (χ1v) is 6.45. The van der Waals surface area contributed by atoms with Crippen LogP contribution in [0.25, 0.3) is 0 Å². The highest BCUT2D eigenvalue weighted by Crippen LogP contribution is 2.51. The molecule has 0 unspecified atom stereocenters. The lowest BCUT2D eigenvalue weighted by atomic mass is 9.82. The number of aliphatic hydroxyl groups excluding tert-OH is 1. The van der Waals surface area contributed by atoms with Crippen molar-refractivity contribution >= 4 is 5.97 Å². The van der Waals surface area contributed by atoms with E-state index in [0.29, 0.717) is 12.0 Å². The summed E-state index contributed by atoms with van der Waals surface area (Å²) in [5.41, 5.74) is 2.51. The van der Waals surface area contributed by atoms with Gasteiger partial charge in [-0.1, -0.05) is 25.3 Å². The van der Waals surface area contributed by atoms with Crippen LogP contribution in [0.4, 0.5) is 0 Å². The zero-order chi connectivity index (χ0) is 13.0. The zero-order valence-corrected chi connectivity index (χ0v) is 10.4. The number of aliphatic hydroxyl groups is 1. The lowest BCUT2D eigenvalue weighted by Crippen LogP contribution is -2.29. The zero-order valence-electron chi connectivity index (χ0n) is 10.4. The Labute approximate surface area is 107 Å². The molecule has 2 saturated carbocycles. The van der Waals surface area contributed by atoms with E-state index in [-0.39, 0.29) is 29.8 Å². The van der Waals surface area contributed by atoms with E-state index < -0.39 is 6.10 Å². The van der Waals surface area contributed by atoms with E-state index in [4.69, 9.17) is 4.74 Å². The Morgan fingerprint density at radius 2 is 1.94 bits per heavy atom. The van der Waals surface area contributed by atoms with E-state index in [9.17, 15) is 9.90 Å². The van der Waals surface area contributed by atoms with Crippen LogP contribution >= 0.6 is 0 Å². The SMILES string of the molecule is C=C1[C@H]2[C@@H]3OC(=O)C(=C)[C@H]3CCC(=C)[C@H]2C[C@H]1O. The summed E-state index contributed by atoms with van der Waals surface area (Å²) in [6.07, 6.45) is 1.71. The van der Waals surface area contributed by atoms with Gasteiger partial charge < -0.3 is 9.84 Å². The quantitative estimate of drug-likeness (QED) is 0.404. The molecule has 0 aromatic heterocycles. The Bertz CT molecular complexity index is 462. The van der Waals surface area contributed by atoms with Gasteiger partial charge in [-0.2, -0.15) is 0 Å². The van der Waals surface area contributed by atoms with Crippen molar-refractivity contribution in [3.05, 3.63) is 36.5 Å². The Morgan fingerprint density at radius 1 is 1.22 bits per heavy atom. The van der Waals surface area contributed by atoms with Crippen LogP contribution in [0.1, 0.15) is 19.3 Å². The number of carbonyl (C=O) groups excluding carboxylic acids is 1. The van der Waals surface area contributed by atoms with Gasteiger partial charge in [-0.15, -0.1) is 0 Å². The first-order chi connectivity index (χ1) is 8.50. The van der Waals surface area contributed by atoms with E-state index in [1.807, 2.05) is 0 Å². The predicted molar refractivity (Wildman–Crippen MR) is 67.6 cm³/mol. The summed E-state index contributed by atoms with van der Waals surface area (Å²) in [5, 5.41) is 9.99. The van der Waals surface area contributed by atoms with Crippen LogP contribution in [0.2, 0.25) is 0 Å². The fraction of sp³-hybridized carbons (Fsp3) is 0.533. The number of hydrogen-bond donors (Lipinski definition) is 1. The summed E-state index contributed by atoms with van der Waals surface area (Å²) in [6, 6.07) is 0. The molecule has 2 aliphatic carbocycles. The minimum absolute atomic E-state index is 0.0169. The summed E-state index contributed by atoms with van der Waals surface area (Å²) < 4.78 is 5.49. The average Bonchev–Trinajstić information content (AvgIpc) is 2.72. The van der Waals surface area contributed by atoms with E-state index in [2.05, 4.69) is 19.7 Å². The molecule has 3 heteroatoms. The molecule has 0 aromatic carbocycles. The molecular formula is C15H18O3. The molecule has 0 bridgehead atoms. The maximum absolute atomic E-state index is 11.7. The van der Waals surface area contributed by atoms with Crippen LogP contribution in [-0.2, 0) is 9.53 Å². The van der Waals surface area contributed by atoms with Crippen LogP contribution in [0.3, 0.4) is 0 Å². The van der Waals surface area contributed by atoms with Gasteiger partial charge in [0.05, 0.1) is 6.10 Å². The Kier molecular flexibility index (Phi) is 2.49. The van der Waals surface area contributed by atoms with E-state index >= 15 is 0 Å². The van der Waals surface area contributed by atoms with Crippen molar-refractivity contribution in [3.8, 4) is 0 Å². The maximum Gasteiger partial charge on any atom is 0.334 e. The number of rotatable bonds is 0. The highest BCUT2D eigenvalue weighted by molar-refractivity contribution is 5.91. The maximum atomic E-state index is 11.7. The highest BCUT2D eigenvalue weighted by Gasteiger charge is 2.52. The van der Waals surface area contributed by atoms with Crippen molar-refractivity contribution in [3.63, 3.8) is 0 Å². The van der Waals surface area contributed by atoms with Crippen LogP contribution in [-0.4, -0.2) is 23.3 Å². The summed E-state index contributed by atoms with van der Waals surface area (Å²) in [6.45, 7) is 12.0. The number of esters is 1. The Hall–Kier alpha value is -1.35. The van der Waals surface area contributed by atoms with Gasteiger partial charge in [-0.25, -0.2) is 4.79 Å². The number of fused-ring (bicyclic) bond motifs is 3. The molecule has 1 saturated heterocycles. The average molecular weight is 246 g/mol. The third kappa shape index (κ3) is 1.43.